The maximum Gasteiger partial charge on any atom is 0.647 e. The second-order valence-electron chi connectivity index (χ2n) is 27.0. The van der Waals surface area contributed by atoms with Gasteiger partial charge in [0.1, 0.15) is 17.2 Å². The molecule has 0 aliphatic carbocycles. The van der Waals surface area contributed by atoms with Crippen molar-refractivity contribution in [1.29, 1.82) is 0 Å². The molecule has 3 rings (SSSR count). The number of hydrogen-bond acceptors (Lipinski definition) is 4. The Hall–Kier alpha value is -2.71. The van der Waals surface area contributed by atoms with E-state index >= 15 is 4.57 Å². The Labute approximate surface area is 535 Å². The van der Waals surface area contributed by atoms with E-state index < -0.39 is 7.82 Å². The molecule has 0 unspecified atom stereocenters. The van der Waals surface area contributed by atoms with E-state index in [0.717, 1.165) is 74.5 Å². The molecular formula is C81H141O4P. The lowest BCUT2D eigenvalue weighted by Gasteiger charge is -2.24. The molecule has 494 valence electrons. The average molecular weight is 1210 g/mol. The fourth-order valence-electron chi connectivity index (χ4n) is 12.9. The number of benzene rings is 3. The number of hydrogen-bond donors (Lipinski definition) is 0. The van der Waals surface area contributed by atoms with Crippen molar-refractivity contribution in [2.45, 2.75) is 408 Å². The molecule has 0 aliphatic rings. The maximum absolute atomic E-state index is 16.4. The number of phosphoric ester groups is 1. The lowest BCUT2D eigenvalue weighted by Crippen LogP contribution is -2.11. The van der Waals surface area contributed by atoms with Crippen LogP contribution in [-0.2, 0) is 43.1 Å². The first-order valence-electron chi connectivity index (χ1n) is 38.4. The Balaban J connectivity index is 2.05. The van der Waals surface area contributed by atoms with Crippen LogP contribution in [0.5, 0.6) is 17.2 Å². The third-order valence-electron chi connectivity index (χ3n) is 18.6. The van der Waals surface area contributed by atoms with Crippen molar-refractivity contribution in [2.24, 2.45) is 0 Å². The standard InChI is InChI=1S/C81H141O4P/c1-7-13-19-25-31-34-37-43-49-55-61-76-70-73(58-52-46-40-28-22-16-10-4)64-67-79(76)83-86(82,84-80-68-65-74(59-53-47-41-29-23-17-11-5)71-77(80)62-56-50-44-38-35-32-26-20-14-8-2)85-81-69-66-75(60-54-48-42-30-24-18-12-6)72-78(81)63-57-51-45-39-36-33-27-21-15-9-3/h64-72H,7-63H2,1-6H3. The van der Waals surface area contributed by atoms with Gasteiger partial charge in [-0.25, -0.2) is 0 Å². The Morgan fingerprint density at radius 1 is 0.221 bits per heavy atom. The third kappa shape index (κ3) is 40.1. The highest BCUT2D eigenvalue weighted by Crippen LogP contribution is 2.52. The van der Waals surface area contributed by atoms with Gasteiger partial charge >= 0.3 is 7.82 Å². The smallest absolute Gasteiger partial charge is 0.386 e. The summed E-state index contributed by atoms with van der Waals surface area (Å²) in [6.45, 7) is 13.8. The average Bonchev–Trinajstić information content (AvgIpc) is 1.72. The van der Waals surface area contributed by atoms with Crippen LogP contribution in [-0.4, -0.2) is 0 Å². The largest absolute Gasteiger partial charge is 0.647 e. The minimum Gasteiger partial charge on any atom is -0.386 e. The predicted octanol–water partition coefficient (Wildman–Crippen LogP) is 28.6. The van der Waals surface area contributed by atoms with Gasteiger partial charge in [-0.1, -0.05) is 367 Å². The van der Waals surface area contributed by atoms with Crippen molar-refractivity contribution in [3.05, 3.63) is 88.0 Å². The molecule has 0 fully saturated rings. The minimum absolute atomic E-state index is 0.658. The molecule has 86 heavy (non-hydrogen) atoms. The van der Waals surface area contributed by atoms with Crippen LogP contribution in [0.15, 0.2) is 54.6 Å². The van der Waals surface area contributed by atoms with E-state index in [0.29, 0.717) is 17.2 Å². The summed E-state index contributed by atoms with van der Waals surface area (Å²) < 4.78 is 37.5. The molecule has 0 heterocycles. The van der Waals surface area contributed by atoms with Gasteiger partial charge in [-0.2, -0.15) is 4.57 Å². The third-order valence-corrected chi connectivity index (χ3v) is 19.9. The zero-order valence-corrected chi connectivity index (χ0v) is 59.0. The monoisotopic (exact) mass is 1210 g/mol. The van der Waals surface area contributed by atoms with Gasteiger partial charge in [0.05, 0.1) is 0 Å². The quantitative estimate of drug-likeness (QED) is 0.0417. The maximum atomic E-state index is 16.4. The number of rotatable bonds is 63. The van der Waals surface area contributed by atoms with Crippen molar-refractivity contribution < 1.29 is 18.1 Å². The molecule has 0 bridgehead atoms. The Kier molecular flexibility index (Phi) is 49.7. The van der Waals surface area contributed by atoms with Gasteiger partial charge in [-0.3, -0.25) is 0 Å². The first-order chi connectivity index (χ1) is 42.4. The van der Waals surface area contributed by atoms with E-state index in [-0.39, 0.29) is 0 Å². The highest BCUT2D eigenvalue weighted by atomic mass is 31.2. The van der Waals surface area contributed by atoms with Gasteiger partial charge in [-0.05, 0) is 129 Å². The highest BCUT2D eigenvalue weighted by Gasteiger charge is 2.36. The molecule has 0 amide bonds. The van der Waals surface area contributed by atoms with Crippen LogP contribution in [0.4, 0.5) is 0 Å². The van der Waals surface area contributed by atoms with Gasteiger partial charge in [0, 0.05) is 0 Å². The lowest BCUT2D eigenvalue weighted by molar-refractivity contribution is 0.295. The van der Waals surface area contributed by atoms with Crippen molar-refractivity contribution in [1.82, 2.24) is 0 Å². The zero-order chi connectivity index (χ0) is 61.5. The topological polar surface area (TPSA) is 44.8 Å². The summed E-state index contributed by atoms with van der Waals surface area (Å²) in [5.74, 6) is 1.98. The minimum atomic E-state index is -4.33. The summed E-state index contributed by atoms with van der Waals surface area (Å²) in [5, 5.41) is 0. The van der Waals surface area contributed by atoms with E-state index in [2.05, 4.69) is 96.1 Å². The Morgan fingerprint density at radius 2 is 0.384 bits per heavy atom. The first-order valence-corrected chi connectivity index (χ1v) is 39.9. The molecule has 3 aromatic carbocycles. The summed E-state index contributed by atoms with van der Waals surface area (Å²) in [5.41, 5.74) is 7.50. The van der Waals surface area contributed by atoms with Crippen LogP contribution in [0.3, 0.4) is 0 Å². The summed E-state index contributed by atoms with van der Waals surface area (Å²) in [7, 11) is -4.33. The van der Waals surface area contributed by atoms with Gasteiger partial charge in [0.25, 0.3) is 0 Å². The van der Waals surface area contributed by atoms with Crippen LogP contribution >= 0.6 is 7.82 Å². The van der Waals surface area contributed by atoms with E-state index in [4.69, 9.17) is 13.6 Å². The second-order valence-corrected chi connectivity index (χ2v) is 28.4. The zero-order valence-electron chi connectivity index (χ0n) is 58.1. The first kappa shape index (κ1) is 77.5. The van der Waals surface area contributed by atoms with Gasteiger partial charge in [0.15, 0.2) is 0 Å². The van der Waals surface area contributed by atoms with Gasteiger partial charge < -0.3 is 13.6 Å². The van der Waals surface area contributed by atoms with Crippen LogP contribution in [0, 0.1) is 0 Å². The van der Waals surface area contributed by atoms with Gasteiger partial charge in [0.2, 0.25) is 0 Å². The molecule has 0 aromatic heterocycles. The second kappa shape index (κ2) is 55.2. The fraction of sp³-hybridized carbons (Fsp3) is 0.778. The summed E-state index contributed by atoms with van der Waals surface area (Å²) in [4.78, 5) is 0. The summed E-state index contributed by atoms with van der Waals surface area (Å²) >= 11 is 0. The molecule has 5 heteroatoms. The molecule has 0 radical (unpaired) electrons. The number of phosphoric acid groups is 1. The molecule has 0 atom stereocenters. The van der Waals surface area contributed by atoms with Gasteiger partial charge in [-0.15, -0.1) is 0 Å². The van der Waals surface area contributed by atoms with E-state index in [1.165, 1.54) is 325 Å². The number of aryl methyl sites for hydroxylation is 6. The summed E-state index contributed by atoms with van der Waals surface area (Å²) in [6.07, 6.45) is 72.1. The van der Waals surface area contributed by atoms with Crippen molar-refractivity contribution in [3.8, 4) is 17.2 Å². The lowest BCUT2D eigenvalue weighted by atomic mass is 9.99. The molecular weight excluding hydrogens is 1070 g/mol. The fourth-order valence-corrected chi connectivity index (χ4v) is 14.3. The number of unbranched alkanes of at least 4 members (excludes halogenated alkanes) is 45. The molecule has 0 spiro atoms. The molecule has 3 aromatic rings. The van der Waals surface area contributed by atoms with Crippen LogP contribution in [0.2, 0.25) is 0 Å². The van der Waals surface area contributed by atoms with Crippen LogP contribution < -0.4 is 13.6 Å². The van der Waals surface area contributed by atoms with E-state index in [9.17, 15) is 0 Å². The van der Waals surface area contributed by atoms with E-state index in [1.54, 1.807) is 0 Å². The normalized spacial score (nSPS) is 11.7. The molecule has 0 N–H and O–H groups in total. The SMILES string of the molecule is CCCCCCCCCCCCc1cc(CCCCCCCCC)ccc1OP(=O)(Oc1ccc(CCCCCCCCC)cc1CCCCCCCCCCCC)Oc1ccc(CCCCCCCCC)cc1CCCCCCCCCCCC. The molecule has 0 saturated carbocycles. The van der Waals surface area contributed by atoms with E-state index in [1.807, 2.05) is 0 Å². The highest BCUT2D eigenvalue weighted by molar-refractivity contribution is 7.49. The predicted molar refractivity (Wildman–Crippen MR) is 381 cm³/mol. The Morgan fingerprint density at radius 3 is 0.570 bits per heavy atom. The summed E-state index contributed by atoms with van der Waals surface area (Å²) in [6, 6.07) is 20.2. The molecule has 0 saturated heterocycles. The van der Waals surface area contributed by atoms with Crippen molar-refractivity contribution in [3.63, 3.8) is 0 Å². The van der Waals surface area contributed by atoms with Crippen molar-refractivity contribution >= 4 is 7.82 Å². The molecule has 0 aliphatic heterocycles. The molecule has 4 nitrogen and oxygen atoms in total. The van der Waals surface area contributed by atoms with Crippen molar-refractivity contribution in [2.75, 3.05) is 0 Å². The van der Waals surface area contributed by atoms with Crippen LogP contribution in [0.25, 0.3) is 0 Å². The Bertz CT molecular complexity index is 1810. The van der Waals surface area contributed by atoms with Crippen LogP contribution in [0.1, 0.15) is 402 Å².